The summed E-state index contributed by atoms with van der Waals surface area (Å²) in [5, 5.41) is 2.80. The summed E-state index contributed by atoms with van der Waals surface area (Å²) in [6, 6.07) is 13.3. The van der Waals surface area contributed by atoms with Crippen LogP contribution in [0.1, 0.15) is 32.3 Å². The van der Waals surface area contributed by atoms with Gasteiger partial charge in [-0.2, -0.15) is 0 Å². The number of benzene rings is 2. The van der Waals surface area contributed by atoms with E-state index in [9.17, 15) is 13.2 Å². The summed E-state index contributed by atoms with van der Waals surface area (Å²) < 4.78 is 30.9. The minimum atomic E-state index is -3.66. The first-order valence-corrected chi connectivity index (χ1v) is 11.1. The Labute approximate surface area is 167 Å². The largest absolute Gasteiger partial charge is 0.497 e. The summed E-state index contributed by atoms with van der Waals surface area (Å²) >= 11 is 0. The Hall–Kier alpha value is -2.54. The van der Waals surface area contributed by atoms with Crippen LogP contribution in [0.4, 0.5) is 11.4 Å². The molecule has 0 saturated carbocycles. The van der Waals surface area contributed by atoms with E-state index in [0.29, 0.717) is 17.1 Å². The van der Waals surface area contributed by atoms with E-state index in [1.807, 2.05) is 24.3 Å². The van der Waals surface area contributed by atoms with Crippen molar-refractivity contribution in [3.8, 4) is 5.75 Å². The predicted octanol–water partition coefficient (Wildman–Crippen LogP) is 3.83. The van der Waals surface area contributed by atoms with Crippen molar-refractivity contribution in [2.24, 2.45) is 0 Å². The van der Waals surface area contributed by atoms with E-state index >= 15 is 0 Å². The number of nitrogens with zero attached hydrogens (tertiary/aromatic N) is 1. The maximum Gasteiger partial charge on any atom is 0.247 e. The lowest BCUT2D eigenvalue weighted by Crippen LogP contribution is -2.45. The van der Waals surface area contributed by atoms with Crippen LogP contribution in [0.5, 0.6) is 5.75 Å². The number of ether oxygens (including phenoxy) is 1. The highest BCUT2D eigenvalue weighted by Crippen LogP contribution is 2.24. The molecule has 1 N–H and O–H groups in total. The molecule has 0 aliphatic carbocycles. The van der Waals surface area contributed by atoms with Crippen molar-refractivity contribution in [3.05, 3.63) is 54.1 Å². The summed E-state index contributed by atoms with van der Waals surface area (Å²) in [6.07, 6.45) is 4.33. The number of carbonyl (C=O) groups is 1. The lowest BCUT2D eigenvalue weighted by molar-refractivity contribution is -0.116. The number of rotatable bonds is 9. The molecule has 2 rings (SSSR count). The Bertz CT molecular complexity index is 878. The number of methoxy groups -OCH3 is 1. The molecule has 0 bridgehead atoms. The van der Waals surface area contributed by atoms with E-state index in [0.717, 1.165) is 29.8 Å². The second-order valence-electron chi connectivity index (χ2n) is 6.72. The van der Waals surface area contributed by atoms with Gasteiger partial charge in [0.2, 0.25) is 15.9 Å². The van der Waals surface area contributed by atoms with Crippen LogP contribution >= 0.6 is 0 Å². The summed E-state index contributed by atoms with van der Waals surface area (Å²) in [7, 11) is -2.12. The third-order valence-corrected chi connectivity index (χ3v) is 5.70. The van der Waals surface area contributed by atoms with Gasteiger partial charge in [0, 0.05) is 5.69 Å². The fraction of sp³-hybridized carbons (Fsp3) is 0.381. The quantitative estimate of drug-likeness (QED) is 0.689. The second kappa shape index (κ2) is 9.59. The highest BCUT2D eigenvalue weighted by molar-refractivity contribution is 7.92. The van der Waals surface area contributed by atoms with E-state index in [1.165, 1.54) is 12.7 Å². The summed E-state index contributed by atoms with van der Waals surface area (Å²) in [5.74, 6) is 0.208. The number of amides is 1. The smallest absolute Gasteiger partial charge is 0.247 e. The Balaban J connectivity index is 2.17. The van der Waals surface area contributed by atoms with Crippen LogP contribution in [-0.4, -0.2) is 33.7 Å². The zero-order valence-corrected chi connectivity index (χ0v) is 17.6. The number of hydrogen-bond acceptors (Lipinski definition) is 4. The first-order valence-electron chi connectivity index (χ1n) is 9.29. The van der Waals surface area contributed by atoms with Gasteiger partial charge in [0.1, 0.15) is 11.8 Å². The van der Waals surface area contributed by atoms with Crippen molar-refractivity contribution < 1.29 is 17.9 Å². The molecule has 2 aromatic carbocycles. The first kappa shape index (κ1) is 21.8. The molecule has 0 unspecified atom stereocenters. The molecule has 0 spiro atoms. The minimum absolute atomic E-state index is 0.400. The van der Waals surface area contributed by atoms with Crippen molar-refractivity contribution in [2.75, 3.05) is 23.0 Å². The Morgan fingerprint density at radius 3 is 2.21 bits per heavy atom. The Morgan fingerprint density at radius 1 is 1.11 bits per heavy atom. The highest BCUT2D eigenvalue weighted by Gasteiger charge is 2.29. The number of hydrogen-bond donors (Lipinski definition) is 1. The van der Waals surface area contributed by atoms with Crippen LogP contribution in [0.25, 0.3) is 0 Å². The molecule has 0 aromatic heterocycles. The minimum Gasteiger partial charge on any atom is -0.497 e. The Kier molecular flexibility index (Phi) is 7.45. The number of nitrogens with one attached hydrogen (secondary N) is 1. The molecule has 28 heavy (non-hydrogen) atoms. The van der Waals surface area contributed by atoms with Crippen molar-refractivity contribution >= 4 is 27.3 Å². The van der Waals surface area contributed by atoms with Crippen LogP contribution in [-0.2, 0) is 21.2 Å². The fourth-order valence-electron chi connectivity index (χ4n) is 2.92. The highest BCUT2D eigenvalue weighted by atomic mass is 32.2. The molecule has 152 valence electrons. The van der Waals surface area contributed by atoms with Gasteiger partial charge >= 0.3 is 0 Å². The molecule has 0 aliphatic heterocycles. The van der Waals surface area contributed by atoms with Gasteiger partial charge in [-0.15, -0.1) is 0 Å². The van der Waals surface area contributed by atoms with Crippen LogP contribution in [0.15, 0.2) is 48.5 Å². The van der Waals surface area contributed by atoms with Crippen LogP contribution < -0.4 is 14.4 Å². The van der Waals surface area contributed by atoms with Gasteiger partial charge in [-0.05, 0) is 61.7 Å². The van der Waals surface area contributed by atoms with Gasteiger partial charge in [-0.25, -0.2) is 8.42 Å². The predicted molar refractivity (Wildman–Crippen MR) is 113 cm³/mol. The molecule has 6 nitrogen and oxygen atoms in total. The van der Waals surface area contributed by atoms with Crippen molar-refractivity contribution in [1.29, 1.82) is 0 Å². The average molecular weight is 405 g/mol. The SMILES string of the molecule is CCCCc1ccc(NC(=O)[C@@H](C)N(c2ccc(OC)cc2)S(C)(=O)=O)cc1. The number of carbonyl (C=O) groups excluding carboxylic acids is 1. The van der Waals surface area contributed by atoms with Crippen molar-refractivity contribution in [3.63, 3.8) is 0 Å². The molecule has 0 aliphatic rings. The normalized spacial score (nSPS) is 12.3. The third kappa shape index (κ3) is 5.73. The maximum absolute atomic E-state index is 12.7. The Morgan fingerprint density at radius 2 is 1.71 bits per heavy atom. The van der Waals surface area contributed by atoms with Crippen LogP contribution in [0, 0.1) is 0 Å². The van der Waals surface area contributed by atoms with E-state index in [2.05, 4.69) is 12.2 Å². The van der Waals surface area contributed by atoms with E-state index in [1.54, 1.807) is 31.2 Å². The fourth-order valence-corrected chi connectivity index (χ4v) is 4.10. The van der Waals surface area contributed by atoms with Crippen LogP contribution in [0.3, 0.4) is 0 Å². The lowest BCUT2D eigenvalue weighted by Gasteiger charge is -2.28. The van der Waals surface area contributed by atoms with Crippen molar-refractivity contribution in [2.45, 2.75) is 39.2 Å². The van der Waals surface area contributed by atoms with Gasteiger partial charge < -0.3 is 10.1 Å². The molecule has 1 atom stereocenters. The van der Waals surface area contributed by atoms with Gasteiger partial charge in [0.25, 0.3) is 0 Å². The average Bonchev–Trinajstić information content (AvgIpc) is 2.67. The third-order valence-electron chi connectivity index (χ3n) is 4.46. The van der Waals surface area contributed by atoms with Crippen molar-refractivity contribution in [1.82, 2.24) is 0 Å². The van der Waals surface area contributed by atoms with E-state index in [4.69, 9.17) is 4.74 Å². The summed E-state index contributed by atoms with van der Waals surface area (Å²) in [6.45, 7) is 3.71. The van der Waals surface area contributed by atoms with E-state index < -0.39 is 22.0 Å². The summed E-state index contributed by atoms with van der Waals surface area (Å²) in [5.41, 5.74) is 2.25. The monoisotopic (exact) mass is 404 g/mol. The molecule has 0 saturated heterocycles. The molecular formula is C21H28N2O4S. The van der Waals surface area contributed by atoms with Crippen LogP contribution in [0.2, 0.25) is 0 Å². The number of sulfonamides is 1. The van der Waals surface area contributed by atoms with Gasteiger partial charge in [-0.3, -0.25) is 9.10 Å². The molecular weight excluding hydrogens is 376 g/mol. The first-order chi connectivity index (χ1) is 13.3. The van der Waals surface area contributed by atoms with Gasteiger partial charge in [0.05, 0.1) is 19.1 Å². The van der Waals surface area contributed by atoms with Gasteiger partial charge in [-0.1, -0.05) is 25.5 Å². The molecule has 0 radical (unpaired) electrons. The van der Waals surface area contributed by atoms with Gasteiger partial charge in [0.15, 0.2) is 0 Å². The second-order valence-corrected chi connectivity index (χ2v) is 8.58. The topological polar surface area (TPSA) is 75.7 Å². The molecule has 1 amide bonds. The standard InChI is InChI=1S/C21H28N2O4S/c1-5-6-7-17-8-10-18(11-9-17)22-21(24)16(2)23(28(4,25)26)19-12-14-20(27-3)15-13-19/h8-16H,5-7H2,1-4H3,(H,22,24)/t16-/m1/s1. The molecule has 0 fully saturated rings. The number of unbranched alkanes of at least 4 members (excludes halogenated alkanes) is 1. The summed E-state index contributed by atoms with van der Waals surface area (Å²) in [4.78, 5) is 12.7. The lowest BCUT2D eigenvalue weighted by atomic mass is 10.1. The number of aryl methyl sites for hydroxylation is 1. The molecule has 0 heterocycles. The molecule has 7 heteroatoms. The molecule has 2 aromatic rings. The van der Waals surface area contributed by atoms with E-state index in [-0.39, 0.29) is 0 Å². The number of anilines is 2. The zero-order valence-electron chi connectivity index (χ0n) is 16.8. The maximum atomic E-state index is 12.7. The zero-order chi connectivity index (χ0) is 20.7.